The zero-order chi connectivity index (χ0) is 17.9. The molecule has 9 heteroatoms. The minimum atomic E-state index is -4.16. The Morgan fingerprint density at radius 1 is 1.33 bits per heavy atom. The number of piperidine rings is 1. The smallest absolute Gasteiger partial charge is 0.348 e. The highest BCUT2D eigenvalue weighted by atomic mass is 19.4. The van der Waals surface area contributed by atoms with E-state index in [2.05, 4.69) is 15.5 Å². The molecule has 0 aliphatic carbocycles. The standard InChI is InChI=1S/C15H24F3N5O/c1-4-23-20-11(3)13(21-23)14(24)19-10(2)12-5-7-22(8-6-12)9-15(16,17)18/h10,12H,4-9H2,1-3H3,(H,19,24). The van der Waals surface area contributed by atoms with E-state index in [0.29, 0.717) is 43.9 Å². The van der Waals surface area contributed by atoms with E-state index in [9.17, 15) is 18.0 Å². The highest BCUT2D eigenvalue weighted by Crippen LogP contribution is 2.24. The van der Waals surface area contributed by atoms with Crippen LogP contribution in [0.3, 0.4) is 0 Å². The second kappa shape index (κ2) is 7.50. The third-order valence-electron chi connectivity index (χ3n) is 4.42. The number of halogens is 3. The van der Waals surface area contributed by atoms with Crippen LogP contribution >= 0.6 is 0 Å². The van der Waals surface area contributed by atoms with Crippen LogP contribution in [0.1, 0.15) is 42.9 Å². The lowest BCUT2D eigenvalue weighted by Gasteiger charge is -2.35. The predicted octanol–water partition coefficient (Wildman–Crippen LogP) is 2.00. The minimum Gasteiger partial charge on any atom is -0.348 e. The molecule has 1 unspecified atom stereocenters. The molecule has 1 aliphatic rings. The van der Waals surface area contributed by atoms with Crippen LogP contribution in [-0.4, -0.2) is 57.7 Å². The van der Waals surface area contributed by atoms with Crippen molar-refractivity contribution in [1.29, 1.82) is 0 Å². The Hall–Kier alpha value is -1.64. The molecule has 2 heterocycles. The summed E-state index contributed by atoms with van der Waals surface area (Å²) >= 11 is 0. The van der Waals surface area contributed by atoms with Crippen LogP contribution in [0, 0.1) is 12.8 Å². The Kier molecular flexibility index (Phi) is 5.84. The fourth-order valence-corrected chi connectivity index (χ4v) is 3.04. The Morgan fingerprint density at radius 3 is 2.46 bits per heavy atom. The van der Waals surface area contributed by atoms with Crippen molar-refractivity contribution < 1.29 is 18.0 Å². The number of nitrogens with zero attached hydrogens (tertiary/aromatic N) is 4. The molecule has 1 amide bonds. The first-order valence-corrected chi connectivity index (χ1v) is 8.21. The van der Waals surface area contributed by atoms with Crippen molar-refractivity contribution in [2.24, 2.45) is 5.92 Å². The predicted molar refractivity (Wildman–Crippen MR) is 82.6 cm³/mol. The number of likely N-dealkylation sites (tertiary alicyclic amines) is 1. The van der Waals surface area contributed by atoms with Crippen molar-refractivity contribution in [2.75, 3.05) is 19.6 Å². The first-order valence-electron chi connectivity index (χ1n) is 8.21. The molecule has 0 bridgehead atoms. The number of carbonyl (C=O) groups excluding carboxylic acids is 1. The number of alkyl halides is 3. The molecule has 1 aromatic heterocycles. The Labute approximate surface area is 139 Å². The number of aromatic nitrogens is 3. The van der Waals surface area contributed by atoms with Crippen molar-refractivity contribution in [2.45, 2.75) is 52.4 Å². The molecule has 0 saturated carbocycles. The molecule has 1 aromatic rings. The van der Waals surface area contributed by atoms with Gasteiger partial charge in [0.05, 0.1) is 18.8 Å². The van der Waals surface area contributed by atoms with E-state index in [1.807, 2.05) is 13.8 Å². The first-order chi connectivity index (χ1) is 11.2. The van der Waals surface area contributed by atoms with Crippen molar-refractivity contribution in [3.63, 3.8) is 0 Å². The van der Waals surface area contributed by atoms with Crippen molar-refractivity contribution in [3.8, 4) is 0 Å². The third kappa shape index (κ3) is 4.93. The van der Waals surface area contributed by atoms with Gasteiger partial charge in [-0.25, -0.2) is 0 Å². The number of hydrogen-bond donors (Lipinski definition) is 1. The van der Waals surface area contributed by atoms with E-state index in [1.54, 1.807) is 6.92 Å². The molecular weight excluding hydrogens is 323 g/mol. The summed E-state index contributed by atoms with van der Waals surface area (Å²) in [4.78, 5) is 15.2. The van der Waals surface area contributed by atoms with E-state index in [-0.39, 0.29) is 17.9 Å². The van der Waals surface area contributed by atoms with Gasteiger partial charge in [0.15, 0.2) is 5.69 Å². The van der Waals surface area contributed by atoms with Crippen LogP contribution in [0.15, 0.2) is 0 Å². The maximum atomic E-state index is 12.4. The van der Waals surface area contributed by atoms with Gasteiger partial charge in [0.2, 0.25) is 0 Å². The van der Waals surface area contributed by atoms with Gasteiger partial charge >= 0.3 is 6.18 Å². The fourth-order valence-electron chi connectivity index (χ4n) is 3.04. The van der Waals surface area contributed by atoms with Crippen LogP contribution in [0.4, 0.5) is 13.2 Å². The van der Waals surface area contributed by atoms with Gasteiger partial charge in [0, 0.05) is 6.04 Å². The van der Waals surface area contributed by atoms with Crippen LogP contribution in [0.5, 0.6) is 0 Å². The largest absolute Gasteiger partial charge is 0.401 e. The third-order valence-corrected chi connectivity index (χ3v) is 4.42. The molecule has 24 heavy (non-hydrogen) atoms. The van der Waals surface area contributed by atoms with Crippen molar-refractivity contribution >= 4 is 5.91 Å². The molecule has 1 aliphatic heterocycles. The van der Waals surface area contributed by atoms with Gasteiger partial charge < -0.3 is 5.32 Å². The van der Waals surface area contributed by atoms with Gasteiger partial charge in [0.25, 0.3) is 5.91 Å². The summed E-state index contributed by atoms with van der Waals surface area (Å²) in [5.74, 6) is -0.114. The monoisotopic (exact) mass is 347 g/mol. The quantitative estimate of drug-likeness (QED) is 0.885. The van der Waals surface area contributed by atoms with Gasteiger partial charge in [-0.2, -0.15) is 23.1 Å². The Morgan fingerprint density at radius 2 is 1.96 bits per heavy atom. The van der Waals surface area contributed by atoms with Crippen LogP contribution in [0.25, 0.3) is 0 Å². The van der Waals surface area contributed by atoms with Crippen LogP contribution in [0.2, 0.25) is 0 Å². The molecular formula is C15H24F3N5O. The lowest BCUT2D eigenvalue weighted by atomic mass is 9.90. The molecule has 1 N–H and O–H groups in total. The highest BCUT2D eigenvalue weighted by Gasteiger charge is 2.33. The van der Waals surface area contributed by atoms with Crippen molar-refractivity contribution in [1.82, 2.24) is 25.2 Å². The number of carbonyl (C=O) groups is 1. The molecule has 0 aromatic carbocycles. The molecule has 0 radical (unpaired) electrons. The normalized spacial score (nSPS) is 18.6. The van der Waals surface area contributed by atoms with Gasteiger partial charge in [0.1, 0.15) is 0 Å². The number of hydrogen-bond acceptors (Lipinski definition) is 4. The Bertz CT molecular complexity index is 564. The highest BCUT2D eigenvalue weighted by molar-refractivity contribution is 5.93. The summed E-state index contributed by atoms with van der Waals surface area (Å²) in [6, 6.07) is -0.114. The first kappa shape index (κ1) is 18.7. The molecule has 136 valence electrons. The summed E-state index contributed by atoms with van der Waals surface area (Å²) in [5.41, 5.74) is 0.875. The van der Waals surface area contributed by atoms with Crippen LogP contribution < -0.4 is 5.32 Å². The average Bonchev–Trinajstić information content (AvgIpc) is 2.87. The zero-order valence-electron chi connectivity index (χ0n) is 14.2. The maximum absolute atomic E-state index is 12.4. The lowest BCUT2D eigenvalue weighted by molar-refractivity contribution is -0.148. The second-order valence-corrected chi connectivity index (χ2v) is 6.31. The molecule has 1 atom stereocenters. The van der Waals surface area contributed by atoms with Crippen molar-refractivity contribution in [3.05, 3.63) is 11.4 Å². The molecule has 1 fully saturated rings. The molecule has 6 nitrogen and oxygen atoms in total. The topological polar surface area (TPSA) is 63.1 Å². The molecule has 1 saturated heterocycles. The number of rotatable bonds is 5. The summed E-state index contributed by atoms with van der Waals surface area (Å²) in [7, 11) is 0. The van der Waals surface area contributed by atoms with Gasteiger partial charge in [-0.15, -0.1) is 5.10 Å². The second-order valence-electron chi connectivity index (χ2n) is 6.31. The van der Waals surface area contributed by atoms with E-state index >= 15 is 0 Å². The summed E-state index contributed by atoms with van der Waals surface area (Å²) in [6.45, 7) is 6.03. The van der Waals surface area contributed by atoms with E-state index in [0.717, 1.165) is 0 Å². The number of nitrogens with one attached hydrogen (secondary N) is 1. The van der Waals surface area contributed by atoms with E-state index in [1.165, 1.54) is 9.70 Å². The number of amides is 1. The number of aryl methyl sites for hydroxylation is 2. The van der Waals surface area contributed by atoms with Gasteiger partial charge in [-0.1, -0.05) is 0 Å². The maximum Gasteiger partial charge on any atom is 0.401 e. The molecule has 2 rings (SSSR count). The van der Waals surface area contributed by atoms with E-state index in [4.69, 9.17) is 0 Å². The summed E-state index contributed by atoms with van der Waals surface area (Å²) in [5, 5.41) is 11.2. The molecule has 0 spiro atoms. The zero-order valence-corrected chi connectivity index (χ0v) is 14.2. The summed E-state index contributed by atoms with van der Waals surface area (Å²) < 4.78 is 37.2. The fraction of sp³-hybridized carbons (Fsp3) is 0.800. The van der Waals surface area contributed by atoms with E-state index < -0.39 is 12.7 Å². The van der Waals surface area contributed by atoms with Gasteiger partial charge in [-0.3, -0.25) is 9.69 Å². The van der Waals surface area contributed by atoms with Gasteiger partial charge in [-0.05, 0) is 52.6 Å². The average molecular weight is 347 g/mol. The minimum absolute atomic E-state index is 0.114. The SMILES string of the molecule is CCn1nc(C)c(C(=O)NC(C)C2CCN(CC(F)(F)F)CC2)n1. The lowest BCUT2D eigenvalue weighted by Crippen LogP contribution is -2.46. The Balaban J connectivity index is 1.86. The van der Waals surface area contributed by atoms with Crippen LogP contribution in [-0.2, 0) is 6.54 Å². The summed E-state index contributed by atoms with van der Waals surface area (Å²) in [6.07, 6.45) is -2.88.